The lowest BCUT2D eigenvalue weighted by atomic mass is 9.96. The molecular formula is C18H32N6O. The van der Waals surface area contributed by atoms with Gasteiger partial charge in [-0.3, -0.25) is 4.68 Å². The molecule has 140 valence electrons. The number of urea groups is 1. The highest BCUT2D eigenvalue weighted by molar-refractivity contribution is 5.74. The van der Waals surface area contributed by atoms with Crippen LogP contribution in [-0.2, 0) is 6.54 Å². The van der Waals surface area contributed by atoms with Crippen molar-refractivity contribution in [3.8, 4) is 0 Å². The van der Waals surface area contributed by atoms with Crippen molar-refractivity contribution < 1.29 is 4.79 Å². The van der Waals surface area contributed by atoms with E-state index in [-0.39, 0.29) is 6.03 Å². The van der Waals surface area contributed by atoms with Crippen LogP contribution >= 0.6 is 0 Å². The van der Waals surface area contributed by atoms with Gasteiger partial charge in [0.1, 0.15) is 0 Å². The van der Waals surface area contributed by atoms with E-state index in [2.05, 4.69) is 27.3 Å². The van der Waals surface area contributed by atoms with Crippen LogP contribution in [0.25, 0.3) is 0 Å². The lowest BCUT2D eigenvalue weighted by Gasteiger charge is -2.37. The van der Waals surface area contributed by atoms with Crippen LogP contribution in [0.15, 0.2) is 12.4 Å². The largest absolute Gasteiger partial charge is 0.336 e. The second-order valence-electron chi connectivity index (χ2n) is 7.55. The summed E-state index contributed by atoms with van der Waals surface area (Å²) in [5, 5.41) is 7.26. The van der Waals surface area contributed by atoms with Gasteiger partial charge in [-0.1, -0.05) is 0 Å². The maximum atomic E-state index is 12.3. The maximum Gasteiger partial charge on any atom is 0.317 e. The van der Waals surface area contributed by atoms with Gasteiger partial charge in [0.05, 0.1) is 12.7 Å². The molecule has 0 spiro atoms. The molecule has 0 aromatic carbocycles. The van der Waals surface area contributed by atoms with Crippen molar-refractivity contribution in [1.29, 1.82) is 0 Å². The Labute approximate surface area is 150 Å². The predicted octanol–water partition coefficient (Wildman–Crippen LogP) is 0.861. The van der Waals surface area contributed by atoms with Gasteiger partial charge in [-0.05, 0) is 38.3 Å². The van der Waals surface area contributed by atoms with Gasteiger partial charge in [-0.25, -0.2) is 4.79 Å². The standard InChI is InChI=1S/C18H32N6O/c1-16-13-20-24(14-16)8-5-19-18(25)23-6-3-17(4-7-23)15-22-11-9-21(2)10-12-22/h13-14,17H,3-12,15H2,1-2H3,(H,19,25). The zero-order valence-electron chi connectivity index (χ0n) is 15.7. The van der Waals surface area contributed by atoms with Crippen LogP contribution in [0.4, 0.5) is 4.79 Å². The monoisotopic (exact) mass is 348 g/mol. The molecule has 7 nitrogen and oxygen atoms in total. The third-order valence-corrected chi connectivity index (χ3v) is 5.39. The van der Waals surface area contributed by atoms with Gasteiger partial charge in [-0.15, -0.1) is 0 Å². The Hall–Kier alpha value is -1.60. The molecule has 0 radical (unpaired) electrons. The molecule has 1 aromatic rings. The predicted molar refractivity (Wildman–Crippen MR) is 98.6 cm³/mol. The minimum atomic E-state index is 0.0712. The van der Waals surface area contributed by atoms with Gasteiger partial charge in [0, 0.05) is 58.6 Å². The van der Waals surface area contributed by atoms with E-state index in [0.29, 0.717) is 6.54 Å². The Morgan fingerprint density at radius 3 is 2.56 bits per heavy atom. The number of carbonyl (C=O) groups is 1. The van der Waals surface area contributed by atoms with Crippen LogP contribution in [0.2, 0.25) is 0 Å². The first-order valence-corrected chi connectivity index (χ1v) is 9.53. The molecule has 3 heterocycles. The number of piperidine rings is 1. The van der Waals surface area contributed by atoms with Gasteiger partial charge in [0.2, 0.25) is 0 Å². The number of aryl methyl sites for hydroxylation is 1. The molecule has 7 heteroatoms. The fraction of sp³-hybridized carbons (Fsp3) is 0.778. The molecule has 2 aliphatic heterocycles. The average Bonchev–Trinajstić information content (AvgIpc) is 3.03. The SMILES string of the molecule is Cc1cnn(CCNC(=O)N2CCC(CN3CCN(C)CC3)CC2)c1. The van der Waals surface area contributed by atoms with Crippen LogP contribution in [0, 0.1) is 12.8 Å². The number of hydrogen-bond donors (Lipinski definition) is 1. The van der Waals surface area contributed by atoms with Crippen molar-refractivity contribution in [1.82, 2.24) is 29.8 Å². The molecular weight excluding hydrogens is 316 g/mol. The first-order valence-electron chi connectivity index (χ1n) is 9.53. The summed E-state index contributed by atoms with van der Waals surface area (Å²) in [5.41, 5.74) is 1.15. The van der Waals surface area contributed by atoms with Gasteiger partial charge >= 0.3 is 6.03 Å². The van der Waals surface area contributed by atoms with Crippen LogP contribution in [0.5, 0.6) is 0 Å². The molecule has 0 atom stereocenters. The van der Waals surface area contributed by atoms with Crippen LogP contribution in [-0.4, -0.2) is 89.9 Å². The second kappa shape index (κ2) is 8.67. The summed E-state index contributed by atoms with van der Waals surface area (Å²) in [6.45, 7) is 11.1. The second-order valence-corrected chi connectivity index (χ2v) is 7.55. The van der Waals surface area contributed by atoms with E-state index in [0.717, 1.165) is 44.0 Å². The van der Waals surface area contributed by atoms with Crippen molar-refractivity contribution in [2.24, 2.45) is 5.92 Å². The minimum Gasteiger partial charge on any atom is -0.336 e. The third kappa shape index (κ3) is 5.44. The summed E-state index contributed by atoms with van der Waals surface area (Å²) in [6, 6.07) is 0.0712. The van der Waals surface area contributed by atoms with Crippen LogP contribution in [0.1, 0.15) is 18.4 Å². The van der Waals surface area contributed by atoms with E-state index in [1.54, 1.807) is 0 Å². The summed E-state index contributed by atoms with van der Waals surface area (Å²) in [7, 11) is 2.20. The van der Waals surface area contributed by atoms with Crippen molar-refractivity contribution in [3.63, 3.8) is 0 Å². The number of rotatable bonds is 5. The number of nitrogens with one attached hydrogen (secondary N) is 1. The van der Waals surface area contributed by atoms with E-state index in [1.807, 2.05) is 28.9 Å². The third-order valence-electron chi connectivity index (χ3n) is 5.39. The minimum absolute atomic E-state index is 0.0712. The molecule has 0 unspecified atom stereocenters. The normalized spacial score (nSPS) is 20.8. The molecule has 0 bridgehead atoms. The summed E-state index contributed by atoms with van der Waals surface area (Å²) in [5.74, 6) is 0.736. The number of hydrogen-bond acceptors (Lipinski definition) is 4. The van der Waals surface area contributed by atoms with E-state index < -0.39 is 0 Å². The molecule has 2 fully saturated rings. The van der Waals surface area contributed by atoms with Crippen molar-refractivity contribution in [2.45, 2.75) is 26.3 Å². The zero-order chi connectivity index (χ0) is 17.6. The zero-order valence-corrected chi connectivity index (χ0v) is 15.7. The maximum absolute atomic E-state index is 12.3. The first kappa shape index (κ1) is 18.2. The summed E-state index contributed by atoms with van der Waals surface area (Å²) < 4.78 is 1.87. The Balaban J connectivity index is 1.32. The molecule has 0 saturated carbocycles. The average molecular weight is 348 g/mol. The van der Waals surface area contributed by atoms with Gasteiger partial charge in [0.25, 0.3) is 0 Å². The van der Waals surface area contributed by atoms with Crippen molar-refractivity contribution >= 4 is 6.03 Å². The van der Waals surface area contributed by atoms with E-state index >= 15 is 0 Å². The summed E-state index contributed by atoms with van der Waals surface area (Å²) in [4.78, 5) is 19.2. The fourth-order valence-electron chi connectivity index (χ4n) is 3.69. The fourth-order valence-corrected chi connectivity index (χ4v) is 3.69. The van der Waals surface area contributed by atoms with E-state index in [4.69, 9.17) is 0 Å². The lowest BCUT2D eigenvalue weighted by molar-refractivity contribution is 0.111. The molecule has 3 rings (SSSR count). The Bertz CT molecular complexity index is 544. The number of nitrogens with zero attached hydrogens (tertiary/aromatic N) is 5. The lowest BCUT2D eigenvalue weighted by Crippen LogP contribution is -2.49. The number of carbonyl (C=O) groups excluding carboxylic acids is 1. The Kier molecular flexibility index (Phi) is 6.31. The van der Waals surface area contributed by atoms with Crippen molar-refractivity contribution in [2.75, 3.05) is 59.4 Å². The van der Waals surface area contributed by atoms with Gasteiger partial charge < -0.3 is 20.0 Å². The summed E-state index contributed by atoms with van der Waals surface area (Å²) in [6.07, 6.45) is 6.08. The highest BCUT2D eigenvalue weighted by Gasteiger charge is 2.25. The Morgan fingerprint density at radius 1 is 1.20 bits per heavy atom. The molecule has 1 N–H and O–H groups in total. The summed E-state index contributed by atoms with van der Waals surface area (Å²) >= 11 is 0. The first-order chi connectivity index (χ1) is 12.1. The number of likely N-dealkylation sites (tertiary alicyclic amines) is 1. The van der Waals surface area contributed by atoms with E-state index in [1.165, 1.54) is 32.7 Å². The number of piperazine rings is 1. The highest BCUT2D eigenvalue weighted by atomic mass is 16.2. The quantitative estimate of drug-likeness (QED) is 0.858. The number of likely N-dealkylation sites (N-methyl/N-ethyl adjacent to an activating group) is 1. The van der Waals surface area contributed by atoms with E-state index in [9.17, 15) is 4.79 Å². The molecule has 2 saturated heterocycles. The smallest absolute Gasteiger partial charge is 0.317 e. The topological polar surface area (TPSA) is 56.6 Å². The molecule has 1 aromatic heterocycles. The molecule has 25 heavy (non-hydrogen) atoms. The number of aromatic nitrogens is 2. The van der Waals surface area contributed by atoms with Gasteiger partial charge in [0.15, 0.2) is 0 Å². The van der Waals surface area contributed by atoms with Crippen LogP contribution < -0.4 is 5.32 Å². The van der Waals surface area contributed by atoms with Gasteiger partial charge in [-0.2, -0.15) is 5.10 Å². The molecule has 2 amide bonds. The van der Waals surface area contributed by atoms with Crippen LogP contribution in [0.3, 0.4) is 0 Å². The van der Waals surface area contributed by atoms with Crippen molar-refractivity contribution in [3.05, 3.63) is 18.0 Å². The Morgan fingerprint density at radius 2 is 1.92 bits per heavy atom. The molecule has 2 aliphatic rings. The molecule has 0 aliphatic carbocycles. The highest BCUT2D eigenvalue weighted by Crippen LogP contribution is 2.19. The number of amides is 2.